The zero-order valence-electron chi connectivity index (χ0n) is 18.5. The van der Waals surface area contributed by atoms with Gasteiger partial charge in [-0.25, -0.2) is 0 Å². The van der Waals surface area contributed by atoms with Gasteiger partial charge in [0.1, 0.15) is 29.1 Å². The molecule has 0 aliphatic carbocycles. The Labute approximate surface area is 190 Å². The van der Waals surface area contributed by atoms with E-state index in [9.17, 15) is 9.59 Å². The number of hydrogen-bond acceptors (Lipinski definition) is 6. The Morgan fingerprint density at radius 1 is 0.970 bits per heavy atom. The standard InChI is InChI=1S/C26H23NO6/c1-16-5-4-6-22(17(16)2)27-25(28)15-31-20-11-12-21-23(13-20)32-14-24(26(21)29)33-19-9-7-18(30-3)8-10-19/h4-14H,15H2,1-3H3,(H,27,28). The van der Waals surface area contributed by atoms with Gasteiger partial charge in [0, 0.05) is 11.8 Å². The molecule has 33 heavy (non-hydrogen) atoms. The average molecular weight is 445 g/mol. The third-order valence-corrected chi connectivity index (χ3v) is 5.25. The molecule has 4 aromatic rings. The summed E-state index contributed by atoms with van der Waals surface area (Å²) in [6.45, 7) is 3.75. The molecule has 1 amide bonds. The van der Waals surface area contributed by atoms with E-state index in [1.807, 2.05) is 32.0 Å². The van der Waals surface area contributed by atoms with Crippen molar-refractivity contribution in [2.24, 2.45) is 0 Å². The first-order valence-corrected chi connectivity index (χ1v) is 10.3. The SMILES string of the molecule is COc1ccc(Oc2coc3cc(OCC(=O)Nc4cccc(C)c4C)ccc3c2=O)cc1. The van der Waals surface area contributed by atoms with Crippen molar-refractivity contribution in [3.63, 3.8) is 0 Å². The molecule has 7 nitrogen and oxygen atoms in total. The highest BCUT2D eigenvalue weighted by Gasteiger charge is 2.12. The van der Waals surface area contributed by atoms with Gasteiger partial charge in [0.2, 0.25) is 11.2 Å². The largest absolute Gasteiger partial charge is 0.497 e. The number of amides is 1. The van der Waals surface area contributed by atoms with Gasteiger partial charge in [0.15, 0.2) is 6.61 Å². The molecule has 0 spiro atoms. The van der Waals surface area contributed by atoms with Crippen LogP contribution in [-0.2, 0) is 4.79 Å². The number of methoxy groups -OCH3 is 1. The van der Waals surface area contributed by atoms with E-state index in [1.54, 1.807) is 49.6 Å². The first-order valence-electron chi connectivity index (χ1n) is 10.3. The zero-order valence-corrected chi connectivity index (χ0v) is 18.5. The van der Waals surface area contributed by atoms with E-state index in [2.05, 4.69) is 5.32 Å². The molecule has 4 rings (SSSR count). The molecule has 0 radical (unpaired) electrons. The van der Waals surface area contributed by atoms with Crippen molar-refractivity contribution < 1.29 is 23.4 Å². The second kappa shape index (κ2) is 9.48. The molecule has 0 fully saturated rings. The van der Waals surface area contributed by atoms with Crippen molar-refractivity contribution >= 4 is 22.6 Å². The molecule has 0 aliphatic heterocycles. The number of carbonyl (C=O) groups excluding carboxylic acids is 1. The molecule has 3 aromatic carbocycles. The lowest BCUT2D eigenvalue weighted by Gasteiger charge is -2.11. The molecular formula is C26H23NO6. The highest BCUT2D eigenvalue weighted by Crippen LogP contribution is 2.25. The van der Waals surface area contributed by atoms with Crippen LogP contribution >= 0.6 is 0 Å². The highest BCUT2D eigenvalue weighted by atomic mass is 16.5. The zero-order chi connectivity index (χ0) is 23.4. The maximum absolute atomic E-state index is 12.8. The van der Waals surface area contributed by atoms with Crippen LogP contribution in [0.3, 0.4) is 0 Å². The molecule has 0 saturated carbocycles. The molecule has 0 atom stereocenters. The van der Waals surface area contributed by atoms with Crippen molar-refractivity contribution in [1.82, 2.24) is 0 Å². The van der Waals surface area contributed by atoms with Gasteiger partial charge < -0.3 is 23.9 Å². The molecular weight excluding hydrogens is 422 g/mol. The van der Waals surface area contributed by atoms with E-state index < -0.39 is 0 Å². The fourth-order valence-corrected chi connectivity index (χ4v) is 3.24. The Hall–Kier alpha value is -4.26. The molecule has 1 aromatic heterocycles. The summed E-state index contributed by atoms with van der Waals surface area (Å²) < 4.78 is 21.9. The second-order valence-electron chi connectivity index (χ2n) is 7.45. The van der Waals surface area contributed by atoms with Crippen LogP contribution in [0.15, 0.2) is 76.1 Å². The lowest BCUT2D eigenvalue weighted by Crippen LogP contribution is -2.20. The van der Waals surface area contributed by atoms with E-state index in [4.69, 9.17) is 18.6 Å². The third-order valence-electron chi connectivity index (χ3n) is 5.25. The van der Waals surface area contributed by atoms with Crippen LogP contribution in [0.1, 0.15) is 11.1 Å². The Morgan fingerprint density at radius 3 is 2.45 bits per heavy atom. The van der Waals surface area contributed by atoms with Crippen molar-refractivity contribution in [3.8, 4) is 23.0 Å². The number of rotatable bonds is 7. The van der Waals surface area contributed by atoms with Gasteiger partial charge in [-0.05, 0) is 67.4 Å². The quantitative estimate of drug-likeness (QED) is 0.419. The van der Waals surface area contributed by atoms with Crippen LogP contribution < -0.4 is 25.0 Å². The van der Waals surface area contributed by atoms with Gasteiger partial charge in [0.25, 0.3) is 5.91 Å². The number of benzene rings is 3. The second-order valence-corrected chi connectivity index (χ2v) is 7.45. The Balaban J connectivity index is 1.44. The summed E-state index contributed by atoms with van der Waals surface area (Å²) >= 11 is 0. The molecule has 1 N–H and O–H groups in total. The smallest absolute Gasteiger partial charge is 0.262 e. The van der Waals surface area contributed by atoms with E-state index in [-0.39, 0.29) is 23.7 Å². The van der Waals surface area contributed by atoms with Gasteiger partial charge in [-0.2, -0.15) is 0 Å². The van der Waals surface area contributed by atoms with Crippen LogP contribution in [0.4, 0.5) is 5.69 Å². The third kappa shape index (κ3) is 4.98. The van der Waals surface area contributed by atoms with E-state index in [1.165, 1.54) is 6.26 Å². The Kier molecular flexibility index (Phi) is 6.31. The van der Waals surface area contributed by atoms with Crippen LogP contribution in [0.25, 0.3) is 11.0 Å². The molecule has 0 aliphatic rings. The van der Waals surface area contributed by atoms with Gasteiger partial charge in [0.05, 0.1) is 12.5 Å². The fraction of sp³-hybridized carbons (Fsp3) is 0.154. The van der Waals surface area contributed by atoms with Crippen molar-refractivity contribution in [1.29, 1.82) is 0 Å². The van der Waals surface area contributed by atoms with Crippen molar-refractivity contribution in [2.45, 2.75) is 13.8 Å². The molecule has 7 heteroatoms. The first-order chi connectivity index (χ1) is 15.9. The van der Waals surface area contributed by atoms with Gasteiger partial charge in [-0.1, -0.05) is 12.1 Å². The van der Waals surface area contributed by atoms with Crippen LogP contribution in [-0.4, -0.2) is 19.6 Å². The summed E-state index contributed by atoms with van der Waals surface area (Å²) in [4.78, 5) is 25.1. The normalized spacial score (nSPS) is 10.6. The Bertz CT molecular complexity index is 1360. The number of nitrogens with one attached hydrogen (secondary N) is 1. The molecule has 0 unspecified atom stereocenters. The summed E-state index contributed by atoms with van der Waals surface area (Å²) in [5, 5.41) is 3.18. The predicted molar refractivity (Wildman–Crippen MR) is 126 cm³/mol. The lowest BCUT2D eigenvalue weighted by molar-refractivity contribution is -0.118. The predicted octanol–water partition coefficient (Wildman–Crippen LogP) is 5.23. The summed E-state index contributed by atoms with van der Waals surface area (Å²) in [6.07, 6.45) is 1.26. The number of fused-ring (bicyclic) bond motifs is 1. The minimum absolute atomic E-state index is 0.0641. The van der Waals surface area contributed by atoms with E-state index in [0.717, 1.165) is 16.8 Å². The monoisotopic (exact) mass is 445 g/mol. The number of aryl methyl sites for hydroxylation is 1. The Morgan fingerprint density at radius 2 is 1.70 bits per heavy atom. The summed E-state index contributed by atoms with van der Waals surface area (Å²) in [6, 6.07) is 17.3. The number of carbonyl (C=O) groups is 1. The summed E-state index contributed by atoms with van der Waals surface area (Å²) in [5.41, 5.74) is 2.86. The number of hydrogen-bond donors (Lipinski definition) is 1. The fourth-order valence-electron chi connectivity index (χ4n) is 3.24. The minimum atomic E-state index is -0.314. The summed E-state index contributed by atoms with van der Waals surface area (Å²) in [5.74, 6) is 1.36. The van der Waals surface area contributed by atoms with Gasteiger partial charge >= 0.3 is 0 Å². The van der Waals surface area contributed by atoms with E-state index in [0.29, 0.717) is 28.2 Å². The van der Waals surface area contributed by atoms with E-state index >= 15 is 0 Å². The van der Waals surface area contributed by atoms with Gasteiger partial charge in [-0.15, -0.1) is 0 Å². The van der Waals surface area contributed by atoms with Crippen LogP contribution in [0.5, 0.6) is 23.0 Å². The van der Waals surface area contributed by atoms with Crippen LogP contribution in [0, 0.1) is 13.8 Å². The van der Waals surface area contributed by atoms with Crippen molar-refractivity contribution in [3.05, 3.63) is 88.3 Å². The van der Waals surface area contributed by atoms with Crippen LogP contribution in [0.2, 0.25) is 0 Å². The molecule has 1 heterocycles. The van der Waals surface area contributed by atoms with Gasteiger partial charge in [-0.3, -0.25) is 9.59 Å². The maximum Gasteiger partial charge on any atom is 0.262 e. The number of anilines is 1. The molecule has 168 valence electrons. The highest BCUT2D eigenvalue weighted by molar-refractivity contribution is 5.92. The average Bonchev–Trinajstić information content (AvgIpc) is 2.83. The maximum atomic E-state index is 12.8. The van der Waals surface area contributed by atoms with Crippen molar-refractivity contribution in [2.75, 3.05) is 19.0 Å². The lowest BCUT2D eigenvalue weighted by atomic mass is 10.1. The molecule has 0 bridgehead atoms. The molecule has 0 saturated heterocycles. The number of ether oxygens (including phenoxy) is 3. The minimum Gasteiger partial charge on any atom is -0.497 e. The first kappa shape index (κ1) is 22.0. The summed E-state index contributed by atoms with van der Waals surface area (Å²) in [7, 11) is 1.57. The topological polar surface area (TPSA) is 87.0 Å².